The summed E-state index contributed by atoms with van der Waals surface area (Å²) < 4.78 is 16.6. The standard InChI is InChI=1S/C45H86O6/c1-5-7-9-11-23-28-32-36-43(46)49-39-42(51-45(48)38-34-30-24-12-10-8-6-2)40-50-44(47)37-33-29-26-22-20-18-16-14-13-15-17-19-21-25-27-31-35-41(3)4/h41-42H,5-40H2,1-4H3/t42-/m0/s1. The van der Waals surface area contributed by atoms with Crippen molar-refractivity contribution in [2.24, 2.45) is 5.92 Å². The van der Waals surface area contributed by atoms with E-state index in [9.17, 15) is 14.4 Å². The molecule has 0 radical (unpaired) electrons. The summed E-state index contributed by atoms with van der Waals surface area (Å²) in [6.45, 7) is 8.93. The van der Waals surface area contributed by atoms with Crippen LogP contribution in [0.15, 0.2) is 0 Å². The van der Waals surface area contributed by atoms with Crippen molar-refractivity contribution < 1.29 is 28.6 Å². The van der Waals surface area contributed by atoms with Gasteiger partial charge >= 0.3 is 17.9 Å². The van der Waals surface area contributed by atoms with Gasteiger partial charge in [-0.25, -0.2) is 0 Å². The van der Waals surface area contributed by atoms with Crippen LogP contribution in [0.5, 0.6) is 0 Å². The molecule has 51 heavy (non-hydrogen) atoms. The Morgan fingerprint density at radius 1 is 0.373 bits per heavy atom. The Labute approximate surface area is 317 Å². The number of hydrogen-bond donors (Lipinski definition) is 0. The van der Waals surface area contributed by atoms with Crippen molar-refractivity contribution in [2.45, 2.75) is 252 Å². The van der Waals surface area contributed by atoms with Crippen LogP contribution in [-0.4, -0.2) is 37.2 Å². The van der Waals surface area contributed by atoms with E-state index < -0.39 is 6.10 Å². The van der Waals surface area contributed by atoms with Gasteiger partial charge in [-0.05, 0) is 25.2 Å². The highest BCUT2D eigenvalue weighted by Gasteiger charge is 2.19. The third-order valence-electron chi connectivity index (χ3n) is 10.0. The molecule has 302 valence electrons. The van der Waals surface area contributed by atoms with E-state index in [0.717, 1.165) is 63.7 Å². The predicted octanol–water partition coefficient (Wildman–Crippen LogP) is 13.9. The van der Waals surface area contributed by atoms with Gasteiger partial charge in [0, 0.05) is 19.3 Å². The van der Waals surface area contributed by atoms with E-state index in [-0.39, 0.29) is 31.1 Å². The molecule has 0 spiro atoms. The smallest absolute Gasteiger partial charge is 0.306 e. The molecule has 0 rings (SSSR count). The van der Waals surface area contributed by atoms with Crippen LogP contribution in [0.25, 0.3) is 0 Å². The third-order valence-corrected chi connectivity index (χ3v) is 10.0. The molecular formula is C45H86O6. The molecule has 0 aliphatic heterocycles. The highest BCUT2D eigenvalue weighted by molar-refractivity contribution is 5.71. The maximum atomic E-state index is 12.6. The molecule has 0 bridgehead atoms. The molecule has 0 fully saturated rings. The van der Waals surface area contributed by atoms with Crippen LogP contribution in [0, 0.1) is 5.92 Å². The molecule has 0 aromatic rings. The van der Waals surface area contributed by atoms with Crippen LogP contribution in [-0.2, 0) is 28.6 Å². The fourth-order valence-electron chi connectivity index (χ4n) is 6.63. The van der Waals surface area contributed by atoms with Gasteiger partial charge in [0.05, 0.1) is 0 Å². The summed E-state index contributed by atoms with van der Waals surface area (Å²) in [4.78, 5) is 37.4. The molecular weight excluding hydrogens is 636 g/mol. The molecule has 0 heterocycles. The Bertz CT molecular complexity index is 766. The highest BCUT2D eigenvalue weighted by atomic mass is 16.6. The summed E-state index contributed by atoms with van der Waals surface area (Å²) >= 11 is 0. The molecule has 0 saturated heterocycles. The van der Waals surface area contributed by atoms with E-state index in [4.69, 9.17) is 14.2 Å². The number of rotatable bonds is 40. The maximum Gasteiger partial charge on any atom is 0.306 e. The Kier molecular flexibility index (Phi) is 38.4. The minimum atomic E-state index is -0.756. The van der Waals surface area contributed by atoms with E-state index in [1.54, 1.807) is 0 Å². The topological polar surface area (TPSA) is 78.9 Å². The molecule has 0 saturated carbocycles. The highest BCUT2D eigenvalue weighted by Crippen LogP contribution is 2.16. The first kappa shape index (κ1) is 49.4. The van der Waals surface area contributed by atoms with E-state index in [1.807, 2.05) is 0 Å². The number of hydrogen-bond acceptors (Lipinski definition) is 6. The average Bonchev–Trinajstić information content (AvgIpc) is 3.11. The van der Waals surface area contributed by atoms with E-state index in [2.05, 4.69) is 27.7 Å². The monoisotopic (exact) mass is 723 g/mol. The molecule has 6 heteroatoms. The maximum absolute atomic E-state index is 12.6. The van der Waals surface area contributed by atoms with Crippen LogP contribution in [0.2, 0.25) is 0 Å². The van der Waals surface area contributed by atoms with Crippen molar-refractivity contribution in [1.29, 1.82) is 0 Å². The van der Waals surface area contributed by atoms with Gasteiger partial charge in [-0.3, -0.25) is 14.4 Å². The molecule has 1 atom stereocenters. The lowest BCUT2D eigenvalue weighted by molar-refractivity contribution is -0.167. The zero-order valence-corrected chi connectivity index (χ0v) is 34.6. The molecule has 0 amide bonds. The van der Waals surface area contributed by atoms with Crippen LogP contribution in [0.3, 0.4) is 0 Å². The summed E-state index contributed by atoms with van der Waals surface area (Å²) in [5, 5.41) is 0. The van der Waals surface area contributed by atoms with E-state index in [0.29, 0.717) is 19.3 Å². The summed E-state index contributed by atoms with van der Waals surface area (Å²) in [7, 11) is 0. The first-order valence-corrected chi connectivity index (χ1v) is 22.4. The number of unbranched alkanes of at least 4 members (excludes halogenated alkanes) is 27. The molecule has 0 N–H and O–H groups in total. The zero-order valence-electron chi connectivity index (χ0n) is 34.6. The van der Waals surface area contributed by atoms with Crippen molar-refractivity contribution in [1.82, 2.24) is 0 Å². The second-order valence-corrected chi connectivity index (χ2v) is 15.8. The normalized spacial score (nSPS) is 11.9. The third kappa shape index (κ3) is 39.5. The first-order chi connectivity index (χ1) is 24.9. The Morgan fingerprint density at radius 3 is 0.961 bits per heavy atom. The summed E-state index contributed by atoms with van der Waals surface area (Å²) in [5.41, 5.74) is 0. The molecule has 0 aromatic carbocycles. The summed E-state index contributed by atoms with van der Waals surface area (Å²) in [6, 6.07) is 0. The first-order valence-electron chi connectivity index (χ1n) is 22.4. The van der Waals surface area contributed by atoms with Crippen LogP contribution >= 0.6 is 0 Å². The van der Waals surface area contributed by atoms with Crippen molar-refractivity contribution in [3.63, 3.8) is 0 Å². The van der Waals surface area contributed by atoms with E-state index >= 15 is 0 Å². The Morgan fingerprint density at radius 2 is 0.647 bits per heavy atom. The summed E-state index contributed by atoms with van der Waals surface area (Å²) in [6.07, 6.45) is 38.3. The molecule has 0 aliphatic carbocycles. The van der Waals surface area contributed by atoms with Crippen LogP contribution < -0.4 is 0 Å². The van der Waals surface area contributed by atoms with Gasteiger partial charge in [-0.2, -0.15) is 0 Å². The summed E-state index contributed by atoms with van der Waals surface area (Å²) in [5.74, 6) is -0.0160. The van der Waals surface area contributed by atoms with E-state index in [1.165, 1.54) is 141 Å². The quantitative estimate of drug-likeness (QED) is 0.0356. The minimum Gasteiger partial charge on any atom is -0.462 e. The lowest BCUT2D eigenvalue weighted by Gasteiger charge is -2.18. The largest absolute Gasteiger partial charge is 0.462 e. The van der Waals surface area contributed by atoms with Crippen LogP contribution in [0.1, 0.15) is 246 Å². The number of carbonyl (C=O) groups excluding carboxylic acids is 3. The van der Waals surface area contributed by atoms with Gasteiger partial charge in [-0.1, -0.05) is 207 Å². The fourth-order valence-corrected chi connectivity index (χ4v) is 6.63. The second kappa shape index (κ2) is 39.6. The fraction of sp³-hybridized carbons (Fsp3) is 0.933. The molecule has 0 aliphatic rings. The second-order valence-electron chi connectivity index (χ2n) is 15.8. The van der Waals surface area contributed by atoms with Crippen molar-refractivity contribution in [3.8, 4) is 0 Å². The number of ether oxygens (including phenoxy) is 3. The number of carbonyl (C=O) groups is 3. The average molecular weight is 723 g/mol. The van der Waals surface area contributed by atoms with Gasteiger partial charge in [0.1, 0.15) is 13.2 Å². The van der Waals surface area contributed by atoms with Crippen molar-refractivity contribution >= 4 is 17.9 Å². The van der Waals surface area contributed by atoms with Crippen LogP contribution in [0.4, 0.5) is 0 Å². The SMILES string of the molecule is CCCCCCCCCC(=O)OC[C@@H](COC(=O)CCCCCCCCCCCCCCCCCCC(C)C)OC(=O)CCCCCCCCC. The molecule has 0 aromatic heterocycles. The van der Waals surface area contributed by atoms with Crippen molar-refractivity contribution in [2.75, 3.05) is 13.2 Å². The van der Waals surface area contributed by atoms with Crippen molar-refractivity contribution in [3.05, 3.63) is 0 Å². The number of esters is 3. The lowest BCUT2D eigenvalue weighted by Crippen LogP contribution is -2.30. The predicted molar refractivity (Wildman–Crippen MR) is 215 cm³/mol. The zero-order chi connectivity index (χ0) is 37.5. The van der Waals surface area contributed by atoms with Gasteiger partial charge in [0.2, 0.25) is 0 Å². The van der Waals surface area contributed by atoms with Gasteiger partial charge in [-0.15, -0.1) is 0 Å². The Balaban J connectivity index is 4.09. The minimum absolute atomic E-state index is 0.0647. The lowest BCUT2D eigenvalue weighted by atomic mass is 10.0. The van der Waals surface area contributed by atoms with Gasteiger partial charge < -0.3 is 14.2 Å². The molecule has 6 nitrogen and oxygen atoms in total. The van der Waals surface area contributed by atoms with Gasteiger partial charge in [0.15, 0.2) is 6.10 Å². The van der Waals surface area contributed by atoms with Gasteiger partial charge in [0.25, 0.3) is 0 Å². The Hall–Kier alpha value is -1.59. The molecule has 0 unspecified atom stereocenters.